The number of nitrogens with zero attached hydrogens (tertiary/aromatic N) is 3. The SMILES string of the molecule is CCc1nnc(NCC(OC)c2ccc(F)cc2)nc1CC. The van der Waals surface area contributed by atoms with Gasteiger partial charge in [0.1, 0.15) is 5.82 Å². The molecule has 0 saturated heterocycles. The number of nitrogens with one attached hydrogen (secondary N) is 1. The van der Waals surface area contributed by atoms with Crippen molar-refractivity contribution in [2.45, 2.75) is 32.8 Å². The minimum absolute atomic E-state index is 0.208. The van der Waals surface area contributed by atoms with Gasteiger partial charge in [-0.1, -0.05) is 26.0 Å². The number of aromatic nitrogens is 3. The molecule has 0 bridgehead atoms. The van der Waals surface area contributed by atoms with Crippen LogP contribution in [0.3, 0.4) is 0 Å². The zero-order chi connectivity index (χ0) is 15.9. The zero-order valence-electron chi connectivity index (χ0n) is 13.1. The van der Waals surface area contributed by atoms with Crippen LogP contribution in [0.5, 0.6) is 0 Å². The molecule has 5 nitrogen and oxygen atoms in total. The normalized spacial score (nSPS) is 12.2. The highest BCUT2D eigenvalue weighted by Gasteiger charge is 2.12. The molecule has 0 amide bonds. The average molecular weight is 304 g/mol. The van der Waals surface area contributed by atoms with E-state index in [1.165, 1.54) is 12.1 Å². The van der Waals surface area contributed by atoms with Crippen LogP contribution >= 0.6 is 0 Å². The summed E-state index contributed by atoms with van der Waals surface area (Å²) in [4.78, 5) is 4.48. The van der Waals surface area contributed by atoms with Gasteiger partial charge in [0, 0.05) is 13.7 Å². The smallest absolute Gasteiger partial charge is 0.243 e. The number of anilines is 1. The fourth-order valence-electron chi connectivity index (χ4n) is 2.21. The molecule has 0 aliphatic rings. The quantitative estimate of drug-likeness (QED) is 0.852. The minimum atomic E-state index is -0.262. The van der Waals surface area contributed by atoms with Crippen molar-refractivity contribution in [2.75, 3.05) is 19.0 Å². The molecule has 1 atom stereocenters. The molecule has 1 aromatic heterocycles. The van der Waals surface area contributed by atoms with E-state index in [4.69, 9.17) is 4.74 Å². The molecular formula is C16H21FN4O. The molecule has 22 heavy (non-hydrogen) atoms. The molecule has 0 aliphatic heterocycles. The molecule has 0 spiro atoms. The van der Waals surface area contributed by atoms with Gasteiger partial charge in [-0.05, 0) is 30.5 Å². The lowest BCUT2D eigenvalue weighted by molar-refractivity contribution is 0.114. The summed E-state index contributed by atoms with van der Waals surface area (Å²) < 4.78 is 18.4. The molecule has 1 N–H and O–H groups in total. The molecule has 6 heteroatoms. The molecular weight excluding hydrogens is 283 g/mol. The highest BCUT2D eigenvalue weighted by Crippen LogP contribution is 2.17. The first-order valence-electron chi connectivity index (χ1n) is 7.42. The molecule has 0 radical (unpaired) electrons. The van der Waals surface area contributed by atoms with Crippen LogP contribution in [-0.4, -0.2) is 28.8 Å². The van der Waals surface area contributed by atoms with Crippen molar-refractivity contribution in [2.24, 2.45) is 0 Å². The Bertz CT molecular complexity index is 604. The number of benzene rings is 1. The van der Waals surface area contributed by atoms with Crippen LogP contribution < -0.4 is 5.32 Å². The van der Waals surface area contributed by atoms with Crippen LogP contribution in [0.25, 0.3) is 0 Å². The Hall–Kier alpha value is -2.08. The van der Waals surface area contributed by atoms with Gasteiger partial charge in [-0.3, -0.25) is 0 Å². The molecule has 0 saturated carbocycles. The Morgan fingerprint density at radius 1 is 1.09 bits per heavy atom. The lowest BCUT2D eigenvalue weighted by Gasteiger charge is -2.16. The fourth-order valence-corrected chi connectivity index (χ4v) is 2.21. The van der Waals surface area contributed by atoms with E-state index in [-0.39, 0.29) is 11.9 Å². The summed E-state index contributed by atoms with van der Waals surface area (Å²) in [5, 5.41) is 11.4. The van der Waals surface area contributed by atoms with E-state index in [1.54, 1.807) is 19.2 Å². The van der Waals surface area contributed by atoms with E-state index in [0.717, 1.165) is 29.8 Å². The molecule has 0 aliphatic carbocycles. The highest BCUT2D eigenvalue weighted by atomic mass is 19.1. The lowest BCUT2D eigenvalue weighted by Crippen LogP contribution is -2.17. The van der Waals surface area contributed by atoms with E-state index in [0.29, 0.717) is 12.5 Å². The first-order chi connectivity index (χ1) is 10.7. The lowest BCUT2D eigenvalue weighted by atomic mass is 10.1. The maximum Gasteiger partial charge on any atom is 0.243 e. The summed E-state index contributed by atoms with van der Waals surface area (Å²) in [5.74, 6) is 0.222. The maximum absolute atomic E-state index is 13.0. The van der Waals surface area contributed by atoms with Crippen molar-refractivity contribution in [1.29, 1.82) is 0 Å². The van der Waals surface area contributed by atoms with Gasteiger partial charge in [-0.25, -0.2) is 9.37 Å². The predicted molar refractivity (Wildman–Crippen MR) is 83.2 cm³/mol. The summed E-state index contributed by atoms with van der Waals surface area (Å²) >= 11 is 0. The maximum atomic E-state index is 13.0. The monoisotopic (exact) mass is 304 g/mol. The van der Waals surface area contributed by atoms with Crippen molar-refractivity contribution in [3.63, 3.8) is 0 Å². The molecule has 1 aromatic carbocycles. The Morgan fingerprint density at radius 2 is 1.77 bits per heavy atom. The first-order valence-corrected chi connectivity index (χ1v) is 7.42. The van der Waals surface area contributed by atoms with E-state index >= 15 is 0 Å². The highest BCUT2D eigenvalue weighted by molar-refractivity contribution is 5.28. The second-order valence-corrected chi connectivity index (χ2v) is 4.89. The number of rotatable bonds is 7. The van der Waals surface area contributed by atoms with Crippen molar-refractivity contribution in [3.05, 3.63) is 47.0 Å². The molecule has 2 rings (SSSR count). The Morgan fingerprint density at radius 3 is 2.36 bits per heavy atom. The fraction of sp³-hybridized carbons (Fsp3) is 0.438. The first kappa shape index (κ1) is 16.3. The number of halogens is 1. The van der Waals surface area contributed by atoms with Crippen LogP contribution in [-0.2, 0) is 17.6 Å². The Kier molecular flexibility index (Phi) is 5.77. The van der Waals surface area contributed by atoms with Crippen molar-refractivity contribution >= 4 is 5.95 Å². The van der Waals surface area contributed by atoms with Gasteiger partial charge in [0.05, 0.1) is 17.5 Å². The Balaban J connectivity index is 2.05. The number of ether oxygens (including phenoxy) is 1. The standard InChI is InChI=1S/C16H21FN4O/c1-4-13-14(5-2)20-21-16(19-13)18-10-15(22-3)11-6-8-12(17)9-7-11/h6-9,15H,4-5,10H2,1-3H3,(H,18,19,21). The third kappa shape index (κ3) is 3.98. The van der Waals surface area contributed by atoms with Gasteiger partial charge in [0.15, 0.2) is 0 Å². The van der Waals surface area contributed by atoms with E-state index in [1.807, 2.05) is 13.8 Å². The summed E-state index contributed by atoms with van der Waals surface area (Å²) in [7, 11) is 1.62. The van der Waals surface area contributed by atoms with E-state index in [2.05, 4.69) is 20.5 Å². The zero-order valence-corrected chi connectivity index (χ0v) is 13.1. The largest absolute Gasteiger partial charge is 0.375 e. The van der Waals surface area contributed by atoms with Crippen molar-refractivity contribution in [3.8, 4) is 0 Å². The number of hydrogen-bond donors (Lipinski definition) is 1. The van der Waals surface area contributed by atoms with Crippen LogP contribution in [0.1, 0.15) is 36.9 Å². The predicted octanol–water partition coefficient (Wildman–Crippen LogP) is 2.94. The van der Waals surface area contributed by atoms with Crippen molar-refractivity contribution in [1.82, 2.24) is 15.2 Å². The Labute approximate surface area is 129 Å². The topological polar surface area (TPSA) is 59.9 Å². The third-order valence-electron chi connectivity index (χ3n) is 3.48. The van der Waals surface area contributed by atoms with Gasteiger partial charge in [-0.15, -0.1) is 5.10 Å². The molecule has 1 unspecified atom stereocenters. The second-order valence-electron chi connectivity index (χ2n) is 4.89. The summed E-state index contributed by atoms with van der Waals surface area (Å²) in [5.41, 5.74) is 2.77. The summed E-state index contributed by atoms with van der Waals surface area (Å²) in [6, 6.07) is 6.26. The van der Waals surface area contributed by atoms with E-state index < -0.39 is 0 Å². The van der Waals surface area contributed by atoms with Crippen LogP contribution in [0.4, 0.5) is 10.3 Å². The van der Waals surface area contributed by atoms with Crippen LogP contribution in [0.15, 0.2) is 24.3 Å². The average Bonchev–Trinajstić information content (AvgIpc) is 2.56. The second kappa shape index (κ2) is 7.79. The summed E-state index contributed by atoms with van der Waals surface area (Å²) in [6.45, 7) is 4.56. The van der Waals surface area contributed by atoms with Crippen molar-refractivity contribution < 1.29 is 9.13 Å². The van der Waals surface area contributed by atoms with E-state index in [9.17, 15) is 4.39 Å². The summed E-state index contributed by atoms with van der Waals surface area (Å²) in [6.07, 6.45) is 1.43. The molecule has 1 heterocycles. The minimum Gasteiger partial charge on any atom is -0.375 e. The van der Waals surface area contributed by atoms with Crippen LogP contribution in [0, 0.1) is 5.82 Å². The van der Waals surface area contributed by atoms with Gasteiger partial charge in [0.2, 0.25) is 5.95 Å². The van der Waals surface area contributed by atoms with Gasteiger partial charge < -0.3 is 10.1 Å². The number of aryl methyl sites for hydroxylation is 2. The van der Waals surface area contributed by atoms with Crippen LogP contribution in [0.2, 0.25) is 0 Å². The molecule has 2 aromatic rings. The number of methoxy groups -OCH3 is 1. The molecule has 118 valence electrons. The number of hydrogen-bond acceptors (Lipinski definition) is 5. The van der Waals surface area contributed by atoms with Gasteiger partial charge in [0.25, 0.3) is 0 Å². The van der Waals surface area contributed by atoms with Gasteiger partial charge >= 0.3 is 0 Å². The van der Waals surface area contributed by atoms with Gasteiger partial charge in [-0.2, -0.15) is 5.10 Å². The third-order valence-corrected chi connectivity index (χ3v) is 3.48. The molecule has 0 fully saturated rings.